The molecule has 4 N–H and O–H groups in total. The molecule has 0 rings (SSSR count). The molecule has 0 aliphatic heterocycles. The largest absolute Gasteiger partial charge is 0.338 e. The van der Waals surface area contributed by atoms with Crippen molar-refractivity contribution >= 4 is 45.5 Å². The van der Waals surface area contributed by atoms with Gasteiger partial charge in [-0.15, -0.1) is 0 Å². The summed E-state index contributed by atoms with van der Waals surface area (Å²) in [5.41, 5.74) is 0. The summed E-state index contributed by atoms with van der Waals surface area (Å²) in [6.45, 7) is 5.05. The minimum absolute atomic E-state index is 0.147. The van der Waals surface area contributed by atoms with E-state index in [1.54, 1.807) is 0 Å². The van der Waals surface area contributed by atoms with Crippen molar-refractivity contribution in [1.82, 2.24) is 21.3 Å². The summed E-state index contributed by atoms with van der Waals surface area (Å²) >= 11 is 0. The van der Waals surface area contributed by atoms with Gasteiger partial charge in [-0.3, -0.25) is 20.2 Å². The van der Waals surface area contributed by atoms with Crippen LogP contribution in [0, 0.1) is 0 Å². The second-order valence-corrected chi connectivity index (χ2v) is 8.44. The Kier molecular flexibility index (Phi) is 17.0. The van der Waals surface area contributed by atoms with Gasteiger partial charge in [0, 0.05) is 25.3 Å². The molecule has 0 spiro atoms. The summed E-state index contributed by atoms with van der Waals surface area (Å²) in [7, 11) is 2.71. The second kappa shape index (κ2) is 18.0. The van der Waals surface area contributed by atoms with Gasteiger partial charge in [-0.25, -0.2) is 9.59 Å². The Labute approximate surface area is 169 Å². The zero-order chi connectivity index (χ0) is 20.3. The van der Waals surface area contributed by atoms with Gasteiger partial charge in [0.15, 0.2) is 0 Å². The fourth-order valence-corrected chi connectivity index (χ4v) is 3.63. The van der Waals surface area contributed by atoms with E-state index in [1.807, 2.05) is 6.92 Å². The number of urea groups is 2. The van der Waals surface area contributed by atoms with Crippen LogP contribution in [-0.4, -0.2) is 48.5 Å². The maximum atomic E-state index is 11.6. The van der Waals surface area contributed by atoms with E-state index in [2.05, 4.69) is 28.2 Å². The van der Waals surface area contributed by atoms with Crippen molar-refractivity contribution in [1.29, 1.82) is 0 Å². The van der Waals surface area contributed by atoms with Crippen LogP contribution in [0.3, 0.4) is 0 Å². The third-order valence-corrected chi connectivity index (χ3v) is 5.59. The van der Waals surface area contributed by atoms with Gasteiger partial charge in [0.25, 0.3) is 0 Å². The molecular weight excluding hydrogens is 388 g/mol. The fraction of sp³-hybridized carbons (Fsp3) is 0.765. The first-order valence-corrected chi connectivity index (χ1v) is 11.9. The molecule has 6 amide bonds. The van der Waals surface area contributed by atoms with Crippen LogP contribution in [0.4, 0.5) is 9.59 Å². The maximum Gasteiger partial charge on any atom is 0.321 e. The van der Waals surface area contributed by atoms with Crippen LogP contribution < -0.4 is 21.3 Å². The van der Waals surface area contributed by atoms with Crippen molar-refractivity contribution in [2.24, 2.45) is 0 Å². The first-order valence-electron chi connectivity index (χ1n) is 9.39. The highest BCUT2D eigenvalue weighted by Crippen LogP contribution is 2.19. The molecule has 0 aliphatic carbocycles. The SMILES string of the molecule is CCCCCCC(=O)NC(=O)NCCSSCC(=O)NC(=O)NCCCC. The van der Waals surface area contributed by atoms with Crippen molar-refractivity contribution < 1.29 is 19.2 Å². The highest BCUT2D eigenvalue weighted by Gasteiger charge is 2.08. The minimum atomic E-state index is -0.498. The molecule has 156 valence electrons. The number of carbonyl (C=O) groups excluding carboxylic acids is 4. The fourth-order valence-electron chi connectivity index (χ4n) is 1.89. The monoisotopic (exact) mass is 420 g/mol. The number of rotatable bonds is 14. The number of imide groups is 2. The molecule has 0 unspecified atom stereocenters. The highest BCUT2D eigenvalue weighted by atomic mass is 33.1. The second-order valence-electron chi connectivity index (χ2n) is 5.86. The van der Waals surface area contributed by atoms with Gasteiger partial charge in [0.05, 0.1) is 5.75 Å². The smallest absolute Gasteiger partial charge is 0.321 e. The molecule has 27 heavy (non-hydrogen) atoms. The molecule has 8 nitrogen and oxygen atoms in total. The zero-order valence-electron chi connectivity index (χ0n) is 16.2. The summed E-state index contributed by atoms with van der Waals surface area (Å²) in [5, 5.41) is 9.75. The molecule has 10 heteroatoms. The molecule has 0 heterocycles. The Hall–Kier alpha value is -1.42. The number of carbonyl (C=O) groups is 4. The quantitative estimate of drug-likeness (QED) is 0.254. The van der Waals surface area contributed by atoms with Gasteiger partial charge < -0.3 is 10.6 Å². The summed E-state index contributed by atoms with van der Waals surface area (Å²) in [6.07, 6.45) is 6.18. The first-order chi connectivity index (χ1) is 13.0. The number of hydrogen-bond donors (Lipinski definition) is 4. The molecule has 0 aromatic heterocycles. The Morgan fingerprint density at radius 3 is 2.00 bits per heavy atom. The van der Waals surface area contributed by atoms with Crippen LogP contribution in [0.1, 0.15) is 58.8 Å². The van der Waals surface area contributed by atoms with Gasteiger partial charge in [-0.1, -0.05) is 61.1 Å². The van der Waals surface area contributed by atoms with Crippen LogP contribution in [0.5, 0.6) is 0 Å². The van der Waals surface area contributed by atoms with Gasteiger partial charge in [-0.05, 0) is 12.8 Å². The lowest BCUT2D eigenvalue weighted by Gasteiger charge is -2.07. The average Bonchev–Trinajstić information content (AvgIpc) is 2.61. The maximum absolute atomic E-state index is 11.6. The third-order valence-electron chi connectivity index (χ3n) is 3.32. The van der Waals surface area contributed by atoms with E-state index < -0.39 is 12.1 Å². The van der Waals surface area contributed by atoms with Crippen LogP contribution in [0.2, 0.25) is 0 Å². The van der Waals surface area contributed by atoms with E-state index in [0.717, 1.165) is 38.5 Å². The topological polar surface area (TPSA) is 116 Å². The standard InChI is InChI=1S/C17H32N4O4S2/c1-3-5-7-8-9-14(22)20-17(25)19-11-12-26-27-13-15(23)21-16(24)18-10-6-4-2/h3-13H2,1-2H3,(H2,18,21,23,24)(H2,19,20,22,25). The average molecular weight is 421 g/mol. The van der Waals surface area contributed by atoms with E-state index in [1.165, 1.54) is 21.6 Å². The van der Waals surface area contributed by atoms with Gasteiger partial charge >= 0.3 is 12.1 Å². The third kappa shape index (κ3) is 17.7. The van der Waals surface area contributed by atoms with E-state index in [9.17, 15) is 19.2 Å². The van der Waals surface area contributed by atoms with E-state index >= 15 is 0 Å². The lowest BCUT2D eigenvalue weighted by atomic mass is 10.1. The van der Waals surface area contributed by atoms with Crippen LogP contribution >= 0.6 is 21.6 Å². The first kappa shape index (κ1) is 25.6. The molecule has 0 saturated heterocycles. The molecule has 0 aromatic carbocycles. The normalized spacial score (nSPS) is 10.1. The number of unbranched alkanes of at least 4 members (excludes halogenated alkanes) is 4. The summed E-state index contributed by atoms with van der Waals surface area (Å²) in [6, 6.07) is -0.973. The van der Waals surface area contributed by atoms with Gasteiger partial charge in [0.1, 0.15) is 0 Å². The van der Waals surface area contributed by atoms with E-state index in [-0.39, 0.29) is 17.6 Å². The summed E-state index contributed by atoms with van der Waals surface area (Å²) in [4.78, 5) is 46.0. The molecule has 0 saturated carbocycles. The summed E-state index contributed by atoms with van der Waals surface area (Å²) < 4.78 is 0. The van der Waals surface area contributed by atoms with Crippen molar-refractivity contribution in [2.45, 2.75) is 58.8 Å². The van der Waals surface area contributed by atoms with Crippen LogP contribution in [-0.2, 0) is 9.59 Å². The Morgan fingerprint density at radius 1 is 0.704 bits per heavy atom. The predicted molar refractivity (Wildman–Crippen MR) is 112 cm³/mol. The van der Waals surface area contributed by atoms with Crippen LogP contribution in [0.25, 0.3) is 0 Å². The molecule has 0 atom stereocenters. The number of nitrogens with one attached hydrogen (secondary N) is 4. The number of amides is 6. The van der Waals surface area contributed by atoms with E-state index in [4.69, 9.17) is 0 Å². The van der Waals surface area contributed by atoms with Crippen LogP contribution in [0.15, 0.2) is 0 Å². The Morgan fingerprint density at radius 2 is 1.33 bits per heavy atom. The van der Waals surface area contributed by atoms with Crippen molar-refractivity contribution in [2.75, 3.05) is 24.6 Å². The highest BCUT2D eigenvalue weighted by molar-refractivity contribution is 8.76. The molecular formula is C17H32N4O4S2. The lowest BCUT2D eigenvalue weighted by molar-refractivity contribution is -0.120. The molecule has 0 fully saturated rings. The lowest BCUT2D eigenvalue weighted by Crippen LogP contribution is -2.40. The molecule has 0 aromatic rings. The molecule has 0 bridgehead atoms. The van der Waals surface area contributed by atoms with Crippen molar-refractivity contribution in [3.05, 3.63) is 0 Å². The Bertz CT molecular complexity index is 464. The Balaban J connectivity index is 3.56. The molecule has 0 radical (unpaired) electrons. The number of hydrogen-bond acceptors (Lipinski definition) is 6. The predicted octanol–water partition coefficient (Wildman–Crippen LogP) is 2.79. The van der Waals surface area contributed by atoms with Gasteiger partial charge in [-0.2, -0.15) is 0 Å². The zero-order valence-corrected chi connectivity index (χ0v) is 17.9. The van der Waals surface area contributed by atoms with Gasteiger partial charge in [0.2, 0.25) is 11.8 Å². The molecule has 0 aliphatic rings. The van der Waals surface area contributed by atoms with Crippen molar-refractivity contribution in [3.63, 3.8) is 0 Å². The van der Waals surface area contributed by atoms with Crippen molar-refractivity contribution in [3.8, 4) is 0 Å². The minimum Gasteiger partial charge on any atom is -0.338 e. The van der Waals surface area contributed by atoms with E-state index in [0.29, 0.717) is 25.3 Å². The summed E-state index contributed by atoms with van der Waals surface area (Å²) in [5.74, 6) is 0.105.